The molecule has 0 atom stereocenters. The van der Waals surface area contributed by atoms with Crippen molar-refractivity contribution in [2.75, 3.05) is 19.6 Å². The van der Waals surface area contributed by atoms with Crippen molar-refractivity contribution >= 4 is 42.1 Å². The van der Waals surface area contributed by atoms with E-state index >= 15 is 0 Å². The number of hydrogen-bond donors (Lipinski definition) is 2. The molecule has 134 valence electrons. The zero-order valence-electron chi connectivity index (χ0n) is 13.4. The Kier molecular flexibility index (Phi) is 11.6. The topological polar surface area (TPSA) is 54.0 Å². The van der Waals surface area contributed by atoms with E-state index < -0.39 is 0 Å². The molecular weight excluding hydrogens is 372 g/mol. The van der Waals surface area contributed by atoms with E-state index in [9.17, 15) is 9.18 Å². The van der Waals surface area contributed by atoms with Gasteiger partial charge in [-0.15, -0.1) is 36.2 Å². The summed E-state index contributed by atoms with van der Waals surface area (Å²) >= 11 is 1.37. The van der Waals surface area contributed by atoms with Crippen LogP contribution in [0.15, 0.2) is 30.5 Å². The van der Waals surface area contributed by atoms with Crippen LogP contribution in [0.2, 0.25) is 0 Å². The number of thiazole rings is 1. The molecule has 1 aromatic carbocycles. The second kappa shape index (κ2) is 12.2. The van der Waals surface area contributed by atoms with Crippen molar-refractivity contribution in [3.63, 3.8) is 0 Å². The first-order valence-corrected chi connectivity index (χ1v) is 8.18. The minimum atomic E-state index is -0.250. The molecule has 1 amide bonds. The van der Waals surface area contributed by atoms with E-state index in [0.717, 1.165) is 30.1 Å². The van der Waals surface area contributed by atoms with Crippen LogP contribution in [-0.2, 0) is 6.42 Å². The highest BCUT2D eigenvalue weighted by molar-refractivity contribution is 7.13. The Morgan fingerprint density at radius 2 is 1.88 bits per heavy atom. The zero-order chi connectivity index (χ0) is 15.8. The minimum Gasteiger partial charge on any atom is -0.350 e. The number of hydrogen-bond acceptors (Lipinski definition) is 4. The molecule has 4 nitrogen and oxygen atoms in total. The number of carbonyl (C=O) groups excluding carboxylic acids is 1. The first-order chi connectivity index (χ1) is 10.7. The van der Waals surface area contributed by atoms with Gasteiger partial charge >= 0.3 is 0 Å². The van der Waals surface area contributed by atoms with Crippen LogP contribution in [0.1, 0.15) is 33.6 Å². The number of aromatic nitrogens is 1. The maximum atomic E-state index is 12.9. The molecule has 1 aromatic heterocycles. The number of carbonyl (C=O) groups is 1. The predicted molar refractivity (Wildman–Crippen MR) is 101 cm³/mol. The molecule has 0 unspecified atom stereocenters. The van der Waals surface area contributed by atoms with Gasteiger partial charge in [-0.1, -0.05) is 19.1 Å². The lowest BCUT2D eigenvalue weighted by Crippen LogP contribution is -2.31. The minimum absolute atomic E-state index is 0. The molecule has 2 aromatic rings. The molecule has 0 aliphatic rings. The summed E-state index contributed by atoms with van der Waals surface area (Å²) in [6.45, 7) is 4.43. The van der Waals surface area contributed by atoms with Crippen LogP contribution in [0, 0.1) is 5.82 Å². The molecule has 0 bridgehead atoms. The fourth-order valence-electron chi connectivity index (χ4n) is 1.93. The van der Waals surface area contributed by atoms with Crippen LogP contribution in [0.5, 0.6) is 0 Å². The summed E-state index contributed by atoms with van der Waals surface area (Å²) in [4.78, 5) is 16.8. The summed E-state index contributed by atoms with van der Waals surface area (Å²) in [7, 11) is 0. The van der Waals surface area contributed by atoms with Gasteiger partial charge in [-0.25, -0.2) is 9.37 Å². The molecule has 2 rings (SSSR count). The third-order valence-corrected chi connectivity index (χ3v) is 4.06. The van der Waals surface area contributed by atoms with Crippen molar-refractivity contribution < 1.29 is 9.18 Å². The molecular formula is C16H22Cl2FN3OS. The predicted octanol–water partition coefficient (Wildman–Crippen LogP) is 3.45. The Hall–Kier alpha value is -1.21. The van der Waals surface area contributed by atoms with Crippen LogP contribution >= 0.6 is 36.2 Å². The van der Waals surface area contributed by atoms with Gasteiger partial charge in [-0.3, -0.25) is 4.79 Å². The maximum Gasteiger partial charge on any atom is 0.263 e. The van der Waals surface area contributed by atoms with Crippen molar-refractivity contribution in [1.82, 2.24) is 15.6 Å². The SMILES string of the molecule is CCCNCCNC(=O)c1cnc(Cc2ccc(F)cc2)s1.Cl.Cl. The number of halogens is 3. The molecule has 0 spiro atoms. The van der Waals surface area contributed by atoms with Gasteiger partial charge < -0.3 is 10.6 Å². The molecule has 0 saturated heterocycles. The van der Waals surface area contributed by atoms with E-state index in [1.807, 2.05) is 0 Å². The summed E-state index contributed by atoms with van der Waals surface area (Å²) < 4.78 is 12.9. The summed E-state index contributed by atoms with van der Waals surface area (Å²) in [6, 6.07) is 6.32. The molecule has 0 aliphatic carbocycles. The van der Waals surface area contributed by atoms with Crippen LogP contribution in [0.25, 0.3) is 0 Å². The standard InChI is InChI=1S/C16H20FN3OS.2ClH/c1-2-7-18-8-9-19-16(21)14-11-20-15(22-14)10-12-3-5-13(17)6-4-12;;/h3-6,11,18H,2,7-10H2,1H3,(H,19,21);2*1H. The summed E-state index contributed by atoms with van der Waals surface area (Å²) in [6.07, 6.45) is 3.28. The van der Waals surface area contributed by atoms with Gasteiger partial charge in [0.15, 0.2) is 0 Å². The van der Waals surface area contributed by atoms with Gasteiger partial charge in [-0.2, -0.15) is 0 Å². The Morgan fingerprint density at radius 3 is 2.54 bits per heavy atom. The summed E-state index contributed by atoms with van der Waals surface area (Å²) in [5, 5.41) is 6.94. The normalized spacial score (nSPS) is 9.75. The summed E-state index contributed by atoms with van der Waals surface area (Å²) in [5.74, 6) is -0.346. The highest BCUT2D eigenvalue weighted by Crippen LogP contribution is 2.17. The van der Waals surface area contributed by atoms with Crippen molar-refractivity contribution in [2.45, 2.75) is 19.8 Å². The molecule has 24 heavy (non-hydrogen) atoms. The molecule has 0 aliphatic heterocycles. The lowest BCUT2D eigenvalue weighted by Gasteiger charge is -2.04. The first kappa shape index (κ1) is 22.8. The van der Waals surface area contributed by atoms with Gasteiger partial charge in [0.05, 0.1) is 11.2 Å². The van der Waals surface area contributed by atoms with Gasteiger partial charge in [0.2, 0.25) is 0 Å². The van der Waals surface area contributed by atoms with Crippen LogP contribution in [-0.4, -0.2) is 30.5 Å². The largest absolute Gasteiger partial charge is 0.350 e. The Labute approximate surface area is 158 Å². The monoisotopic (exact) mass is 393 g/mol. The van der Waals surface area contributed by atoms with E-state index in [-0.39, 0.29) is 36.5 Å². The Balaban J connectivity index is 0.00000264. The van der Waals surface area contributed by atoms with E-state index in [2.05, 4.69) is 22.5 Å². The number of rotatable bonds is 8. The first-order valence-electron chi connectivity index (χ1n) is 7.37. The lowest BCUT2D eigenvalue weighted by atomic mass is 10.2. The number of benzene rings is 1. The smallest absolute Gasteiger partial charge is 0.263 e. The second-order valence-corrected chi connectivity index (χ2v) is 6.04. The number of nitrogens with one attached hydrogen (secondary N) is 2. The average molecular weight is 394 g/mol. The zero-order valence-corrected chi connectivity index (χ0v) is 15.8. The van der Waals surface area contributed by atoms with E-state index in [1.54, 1.807) is 18.3 Å². The molecule has 0 saturated carbocycles. The van der Waals surface area contributed by atoms with Gasteiger partial charge in [0, 0.05) is 19.5 Å². The lowest BCUT2D eigenvalue weighted by molar-refractivity contribution is 0.0958. The van der Waals surface area contributed by atoms with Crippen LogP contribution in [0.3, 0.4) is 0 Å². The van der Waals surface area contributed by atoms with Gasteiger partial charge in [0.1, 0.15) is 10.7 Å². The molecule has 8 heteroatoms. The highest BCUT2D eigenvalue weighted by atomic mass is 35.5. The number of nitrogens with zero attached hydrogens (tertiary/aromatic N) is 1. The third-order valence-electron chi connectivity index (χ3n) is 3.06. The van der Waals surface area contributed by atoms with Crippen molar-refractivity contribution in [1.29, 1.82) is 0 Å². The molecule has 2 N–H and O–H groups in total. The highest BCUT2D eigenvalue weighted by Gasteiger charge is 2.10. The van der Waals surface area contributed by atoms with Gasteiger partial charge in [-0.05, 0) is 30.7 Å². The maximum absolute atomic E-state index is 12.9. The average Bonchev–Trinajstić information content (AvgIpc) is 2.98. The quantitative estimate of drug-likeness (QED) is 0.675. The molecule has 0 radical (unpaired) electrons. The Bertz CT molecular complexity index is 608. The van der Waals surface area contributed by atoms with Crippen molar-refractivity contribution in [3.8, 4) is 0 Å². The summed E-state index contributed by atoms with van der Waals surface area (Å²) in [5.41, 5.74) is 0.978. The van der Waals surface area contributed by atoms with Crippen molar-refractivity contribution in [2.24, 2.45) is 0 Å². The van der Waals surface area contributed by atoms with Crippen LogP contribution < -0.4 is 10.6 Å². The second-order valence-electron chi connectivity index (χ2n) is 4.93. The fraction of sp³-hybridized carbons (Fsp3) is 0.375. The Morgan fingerprint density at radius 1 is 1.17 bits per heavy atom. The van der Waals surface area contributed by atoms with Crippen LogP contribution in [0.4, 0.5) is 4.39 Å². The van der Waals surface area contributed by atoms with E-state index in [4.69, 9.17) is 0 Å². The van der Waals surface area contributed by atoms with E-state index in [1.165, 1.54) is 23.5 Å². The number of amides is 1. The van der Waals surface area contributed by atoms with Crippen molar-refractivity contribution in [3.05, 3.63) is 51.7 Å². The fourth-order valence-corrected chi connectivity index (χ4v) is 2.80. The molecule has 0 fully saturated rings. The van der Waals surface area contributed by atoms with E-state index in [0.29, 0.717) is 17.8 Å². The third kappa shape index (κ3) is 7.57. The van der Waals surface area contributed by atoms with Gasteiger partial charge in [0.25, 0.3) is 5.91 Å². The molecule has 1 heterocycles.